The average Bonchev–Trinajstić information content (AvgIpc) is 3.73. The predicted octanol–water partition coefficient (Wildman–Crippen LogP) is 11.0. The van der Waals surface area contributed by atoms with Gasteiger partial charge in [-0.1, -0.05) is 121 Å². The van der Waals surface area contributed by atoms with Crippen LogP contribution in [0.3, 0.4) is 0 Å². The molecule has 0 radical (unpaired) electrons. The predicted molar refractivity (Wildman–Crippen MR) is 201 cm³/mol. The molecule has 2 aromatic heterocycles. The number of hydrogen-bond acceptors (Lipinski definition) is 5. The van der Waals surface area contributed by atoms with E-state index in [0.717, 1.165) is 39.1 Å². The van der Waals surface area contributed by atoms with Crippen molar-refractivity contribution in [2.45, 2.75) is 12.3 Å². The van der Waals surface area contributed by atoms with E-state index in [0.29, 0.717) is 12.4 Å². The Morgan fingerprint density at radius 3 is 2.44 bits per heavy atom. The summed E-state index contributed by atoms with van der Waals surface area (Å²) in [5, 5.41) is 18.7. The Balaban J connectivity index is 1.08. The molecule has 8 aromatic rings. The van der Waals surface area contributed by atoms with Crippen molar-refractivity contribution >= 4 is 76.4 Å². The van der Waals surface area contributed by atoms with E-state index < -0.39 is 0 Å². The SMILES string of the molecule is C1=C(c2cccc3c2sc2ccccc23)CNc2c1oc1cccc(C3=NC(c4ccccc4)NC(c4ccc5ccccc5c4)[N-]3)c21. The average molecular weight is 638 g/mol. The summed E-state index contributed by atoms with van der Waals surface area (Å²) in [6.07, 6.45) is 1.68. The maximum atomic E-state index is 6.57. The van der Waals surface area contributed by atoms with Gasteiger partial charge in [-0.3, -0.25) is 0 Å². The first kappa shape index (κ1) is 27.4. The largest absolute Gasteiger partial charge is 0.454 e. The van der Waals surface area contributed by atoms with Gasteiger partial charge >= 0.3 is 0 Å². The van der Waals surface area contributed by atoms with E-state index in [4.69, 9.17) is 14.7 Å². The van der Waals surface area contributed by atoms with Gasteiger partial charge in [0.1, 0.15) is 5.58 Å². The summed E-state index contributed by atoms with van der Waals surface area (Å²) in [5.41, 5.74) is 7.42. The lowest BCUT2D eigenvalue weighted by molar-refractivity contribution is 0.489. The van der Waals surface area contributed by atoms with Crippen LogP contribution in [0, 0.1) is 0 Å². The molecule has 2 N–H and O–H groups in total. The lowest BCUT2D eigenvalue weighted by Gasteiger charge is -2.40. The van der Waals surface area contributed by atoms with E-state index in [2.05, 4.69) is 132 Å². The minimum atomic E-state index is -0.272. The van der Waals surface area contributed by atoms with E-state index in [-0.39, 0.29) is 12.3 Å². The second kappa shape index (κ2) is 10.9. The Kier molecular flexibility index (Phi) is 6.25. The number of nitrogens with zero attached hydrogens (tertiary/aromatic N) is 2. The number of benzene rings is 6. The first-order chi connectivity index (χ1) is 23.8. The van der Waals surface area contributed by atoms with Gasteiger partial charge in [0.2, 0.25) is 0 Å². The Bertz CT molecular complexity index is 2600. The maximum Gasteiger partial charge on any atom is 0.151 e. The van der Waals surface area contributed by atoms with Crippen LogP contribution in [0.15, 0.2) is 143 Å². The van der Waals surface area contributed by atoms with Gasteiger partial charge in [-0.25, -0.2) is 0 Å². The van der Waals surface area contributed by atoms with Crippen molar-refractivity contribution in [1.29, 1.82) is 0 Å². The van der Waals surface area contributed by atoms with Gasteiger partial charge in [0, 0.05) is 39.0 Å². The molecule has 6 aromatic carbocycles. The molecule has 2 atom stereocenters. The van der Waals surface area contributed by atoms with E-state index >= 15 is 0 Å². The number of nitrogens with one attached hydrogen (secondary N) is 2. The first-order valence-electron chi connectivity index (χ1n) is 16.3. The lowest BCUT2D eigenvalue weighted by Crippen LogP contribution is -2.31. The van der Waals surface area contributed by atoms with Crippen LogP contribution in [0.25, 0.3) is 58.9 Å². The third-order valence-corrected chi connectivity index (χ3v) is 10.7. The summed E-state index contributed by atoms with van der Waals surface area (Å²) in [4.78, 5) is 5.21. The van der Waals surface area contributed by atoms with Crippen LogP contribution in [0.4, 0.5) is 5.69 Å². The zero-order valence-corrected chi connectivity index (χ0v) is 26.7. The van der Waals surface area contributed by atoms with Crippen LogP contribution >= 0.6 is 11.3 Å². The molecule has 0 saturated heterocycles. The van der Waals surface area contributed by atoms with Gasteiger partial charge in [-0.05, 0) is 62.9 Å². The van der Waals surface area contributed by atoms with E-state index in [9.17, 15) is 0 Å². The van der Waals surface area contributed by atoms with Crippen molar-refractivity contribution in [3.05, 3.63) is 167 Å². The molecule has 230 valence electrons. The minimum Gasteiger partial charge on any atom is -0.454 e. The topological polar surface area (TPSA) is 63.7 Å². The fourth-order valence-electron chi connectivity index (χ4n) is 7.19. The van der Waals surface area contributed by atoms with Crippen LogP contribution in [-0.2, 0) is 0 Å². The highest BCUT2D eigenvalue weighted by Crippen LogP contribution is 2.44. The number of thiophene rings is 1. The highest BCUT2D eigenvalue weighted by molar-refractivity contribution is 7.26. The molecule has 6 heteroatoms. The van der Waals surface area contributed by atoms with Crippen molar-refractivity contribution in [2.24, 2.45) is 4.99 Å². The highest BCUT2D eigenvalue weighted by Gasteiger charge is 2.25. The Labute approximate surface area is 281 Å². The van der Waals surface area contributed by atoms with Gasteiger partial charge in [0.05, 0.1) is 11.1 Å². The second-order valence-electron chi connectivity index (χ2n) is 12.4. The zero-order valence-electron chi connectivity index (χ0n) is 25.9. The molecule has 0 saturated carbocycles. The lowest BCUT2D eigenvalue weighted by atomic mass is 9.98. The number of amidine groups is 1. The van der Waals surface area contributed by atoms with Crippen LogP contribution < -0.4 is 10.6 Å². The molecule has 0 amide bonds. The quantitative estimate of drug-likeness (QED) is 0.202. The van der Waals surface area contributed by atoms with Gasteiger partial charge < -0.3 is 25.4 Å². The molecule has 2 unspecified atom stereocenters. The molecule has 5 nitrogen and oxygen atoms in total. The number of fused-ring (bicyclic) bond motifs is 7. The fraction of sp³-hybridized carbons (Fsp3) is 0.0714. The smallest absolute Gasteiger partial charge is 0.151 e. The molecule has 0 aliphatic carbocycles. The summed E-state index contributed by atoms with van der Waals surface area (Å²) in [6.45, 7) is 0.695. The van der Waals surface area contributed by atoms with E-state index in [1.54, 1.807) is 0 Å². The van der Waals surface area contributed by atoms with Crippen LogP contribution in [-0.4, -0.2) is 12.4 Å². The maximum absolute atomic E-state index is 6.57. The van der Waals surface area contributed by atoms with E-state index in [1.807, 2.05) is 29.5 Å². The number of hydrogen-bond donors (Lipinski definition) is 2. The Hall–Kier alpha value is -5.69. The molecular weight excluding hydrogens is 609 g/mol. The zero-order chi connectivity index (χ0) is 31.6. The van der Waals surface area contributed by atoms with Gasteiger partial charge in [0.25, 0.3) is 0 Å². The summed E-state index contributed by atoms with van der Waals surface area (Å²) in [6, 6.07) is 46.9. The fourth-order valence-corrected chi connectivity index (χ4v) is 8.44. The third-order valence-electron chi connectivity index (χ3n) is 9.52. The second-order valence-corrected chi connectivity index (χ2v) is 13.4. The summed E-state index contributed by atoms with van der Waals surface area (Å²) in [5.74, 6) is 1.54. The first-order valence-corrected chi connectivity index (χ1v) is 17.1. The molecular formula is C42H29N4OS-. The van der Waals surface area contributed by atoms with Crippen molar-refractivity contribution in [3.63, 3.8) is 0 Å². The van der Waals surface area contributed by atoms with Gasteiger partial charge in [0.15, 0.2) is 5.76 Å². The van der Waals surface area contributed by atoms with E-state index in [1.165, 1.54) is 42.1 Å². The monoisotopic (exact) mass is 637 g/mol. The molecule has 0 bridgehead atoms. The van der Waals surface area contributed by atoms with Crippen molar-refractivity contribution < 1.29 is 4.42 Å². The highest BCUT2D eigenvalue weighted by atomic mass is 32.1. The minimum absolute atomic E-state index is 0.255. The summed E-state index contributed by atoms with van der Waals surface area (Å²) >= 11 is 1.85. The number of furan rings is 1. The number of aliphatic imine (C=N–C) groups is 1. The summed E-state index contributed by atoms with van der Waals surface area (Å²) in [7, 11) is 0. The Morgan fingerprint density at radius 2 is 1.50 bits per heavy atom. The molecule has 4 heterocycles. The van der Waals surface area contributed by atoms with Crippen molar-refractivity contribution in [1.82, 2.24) is 5.32 Å². The molecule has 0 fully saturated rings. The van der Waals surface area contributed by atoms with Crippen molar-refractivity contribution in [3.8, 4) is 0 Å². The molecule has 10 rings (SSSR count). The van der Waals surface area contributed by atoms with Crippen molar-refractivity contribution in [2.75, 3.05) is 11.9 Å². The molecule has 2 aliphatic heterocycles. The van der Waals surface area contributed by atoms with Crippen LogP contribution in [0.2, 0.25) is 0 Å². The normalized spacial score (nSPS) is 17.6. The Morgan fingerprint density at radius 1 is 0.708 bits per heavy atom. The number of rotatable bonds is 4. The molecule has 2 aliphatic rings. The summed E-state index contributed by atoms with van der Waals surface area (Å²) < 4.78 is 9.18. The van der Waals surface area contributed by atoms with Crippen LogP contribution in [0.1, 0.15) is 40.3 Å². The number of anilines is 1. The van der Waals surface area contributed by atoms with Gasteiger partial charge in [-0.15, -0.1) is 11.3 Å². The standard InChI is InChI=1S/C42H29N4OS/c1-2-11-26(12-3-1)40-44-41(28-21-20-25-10-4-5-13-27(25)22-28)46-42(45-40)33-17-9-18-34-37(33)38-35(47-34)23-29(24-43-38)30-15-8-16-32-31-14-6-7-19-36(31)48-39(30)32/h1-23,40-41,43-44H,24H2/q-1. The molecule has 0 spiro atoms. The third kappa shape index (κ3) is 4.45. The molecule has 48 heavy (non-hydrogen) atoms. The van der Waals surface area contributed by atoms with Gasteiger partial charge in [-0.2, -0.15) is 0 Å². The van der Waals surface area contributed by atoms with Crippen LogP contribution in [0.5, 0.6) is 0 Å².